The zero-order valence-corrected chi connectivity index (χ0v) is 8.32. The van der Waals surface area contributed by atoms with E-state index in [4.69, 9.17) is 15.2 Å². The van der Waals surface area contributed by atoms with Gasteiger partial charge in [-0.3, -0.25) is 0 Å². The van der Waals surface area contributed by atoms with Crippen molar-refractivity contribution in [1.29, 1.82) is 0 Å². The van der Waals surface area contributed by atoms with E-state index in [-0.39, 0.29) is 6.54 Å². The van der Waals surface area contributed by atoms with Crippen LogP contribution in [0.5, 0.6) is 11.5 Å². The molecule has 0 aromatic heterocycles. The Balaban J connectivity index is 2.03. The lowest BCUT2D eigenvalue weighted by molar-refractivity contribution is 0.0519. The molecule has 0 saturated carbocycles. The van der Waals surface area contributed by atoms with Crippen molar-refractivity contribution in [3.63, 3.8) is 0 Å². The van der Waals surface area contributed by atoms with Gasteiger partial charge in [-0.25, -0.2) is 4.79 Å². The monoisotopic (exact) mass is 208 g/mol. The number of hydrogen-bond acceptors (Lipinski definition) is 3. The number of benzene rings is 1. The summed E-state index contributed by atoms with van der Waals surface area (Å²) in [6.07, 6.45) is -0.492. The van der Waals surface area contributed by atoms with E-state index in [1.165, 1.54) is 0 Å². The summed E-state index contributed by atoms with van der Waals surface area (Å²) in [6.45, 7) is 2.18. The van der Waals surface area contributed by atoms with Crippen LogP contribution in [0.2, 0.25) is 0 Å². The summed E-state index contributed by atoms with van der Waals surface area (Å²) in [6, 6.07) is 5.06. The van der Waals surface area contributed by atoms with Crippen LogP contribution in [-0.2, 0) is 0 Å². The number of urea groups is 1. The van der Waals surface area contributed by atoms with Crippen molar-refractivity contribution in [2.45, 2.75) is 13.2 Å². The molecule has 0 aliphatic carbocycles. The summed E-state index contributed by atoms with van der Waals surface area (Å²) in [7, 11) is 0. The van der Waals surface area contributed by atoms with Crippen LogP contribution in [0, 0.1) is 6.92 Å². The quantitative estimate of drug-likeness (QED) is 0.753. The number of hydrogen-bond donors (Lipinski definition) is 2. The third kappa shape index (κ3) is 1.96. The topological polar surface area (TPSA) is 73.6 Å². The highest BCUT2D eigenvalue weighted by Crippen LogP contribution is 2.36. The molecule has 1 unspecified atom stereocenters. The van der Waals surface area contributed by atoms with Crippen molar-refractivity contribution in [3.8, 4) is 11.5 Å². The van der Waals surface area contributed by atoms with Crippen molar-refractivity contribution in [2.75, 3.05) is 6.54 Å². The molecule has 1 atom stereocenters. The van der Waals surface area contributed by atoms with Crippen LogP contribution >= 0.6 is 0 Å². The number of ether oxygens (including phenoxy) is 2. The van der Waals surface area contributed by atoms with Gasteiger partial charge in [0.2, 0.25) is 0 Å². The Morgan fingerprint density at radius 2 is 2.33 bits per heavy atom. The van der Waals surface area contributed by atoms with Gasteiger partial charge in [0.25, 0.3) is 6.29 Å². The molecule has 2 rings (SSSR count). The van der Waals surface area contributed by atoms with Gasteiger partial charge in [-0.05, 0) is 18.6 Å². The van der Waals surface area contributed by atoms with Crippen molar-refractivity contribution < 1.29 is 14.3 Å². The summed E-state index contributed by atoms with van der Waals surface area (Å²) in [5.74, 6) is 1.43. The fourth-order valence-electron chi connectivity index (χ4n) is 1.43. The number of carbonyl (C=O) groups is 1. The fraction of sp³-hybridized carbons (Fsp3) is 0.300. The highest BCUT2D eigenvalue weighted by molar-refractivity contribution is 5.71. The molecule has 2 amide bonds. The van der Waals surface area contributed by atoms with Gasteiger partial charge in [0.1, 0.15) is 0 Å². The number of nitrogens with one attached hydrogen (secondary N) is 1. The van der Waals surface area contributed by atoms with E-state index in [9.17, 15) is 4.79 Å². The first-order valence-electron chi connectivity index (χ1n) is 4.63. The third-order valence-electron chi connectivity index (χ3n) is 2.13. The van der Waals surface area contributed by atoms with Crippen LogP contribution < -0.4 is 20.5 Å². The second kappa shape index (κ2) is 3.68. The van der Waals surface area contributed by atoms with E-state index in [0.717, 1.165) is 11.3 Å². The van der Waals surface area contributed by atoms with Crippen molar-refractivity contribution >= 4 is 6.03 Å². The molecule has 3 N–H and O–H groups in total. The number of nitrogens with two attached hydrogens (primary N) is 1. The van der Waals surface area contributed by atoms with Gasteiger partial charge in [-0.15, -0.1) is 0 Å². The molecule has 80 valence electrons. The molecule has 0 saturated heterocycles. The molecule has 1 aromatic carbocycles. The number of primary amides is 1. The molecule has 0 radical (unpaired) electrons. The largest absolute Gasteiger partial charge is 0.449 e. The molecule has 0 spiro atoms. The van der Waals surface area contributed by atoms with Gasteiger partial charge >= 0.3 is 6.03 Å². The van der Waals surface area contributed by atoms with Gasteiger partial charge in [-0.1, -0.05) is 12.1 Å². The molecule has 0 fully saturated rings. The van der Waals surface area contributed by atoms with Crippen molar-refractivity contribution in [3.05, 3.63) is 23.8 Å². The maximum Gasteiger partial charge on any atom is 0.312 e. The predicted molar refractivity (Wildman–Crippen MR) is 53.8 cm³/mol. The third-order valence-corrected chi connectivity index (χ3v) is 2.13. The molecule has 1 aromatic rings. The Morgan fingerprint density at radius 1 is 1.53 bits per heavy atom. The maximum absolute atomic E-state index is 10.5. The van der Waals surface area contributed by atoms with Crippen molar-refractivity contribution in [2.24, 2.45) is 5.73 Å². The summed E-state index contributed by atoms with van der Waals surface area (Å²) in [5, 5.41) is 2.43. The van der Waals surface area contributed by atoms with Crippen LogP contribution in [0.4, 0.5) is 4.79 Å². The van der Waals surface area contributed by atoms with E-state index in [2.05, 4.69) is 5.32 Å². The first kappa shape index (κ1) is 9.64. The minimum absolute atomic E-state index is 0.240. The molecule has 15 heavy (non-hydrogen) atoms. The normalized spacial score (nSPS) is 17.5. The Morgan fingerprint density at radius 3 is 3.00 bits per heavy atom. The van der Waals surface area contributed by atoms with Crippen LogP contribution in [0.3, 0.4) is 0 Å². The molecule has 5 nitrogen and oxygen atoms in total. The van der Waals surface area contributed by atoms with E-state index in [1.54, 1.807) is 0 Å². The summed E-state index contributed by atoms with van der Waals surface area (Å²) < 4.78 is 10.9. The average molecular weight is 208 g/mol. The zero-order chi connectivity index (χ0) is 10.8. The number of aryl methyl sites for hydroxylation is 1. The molecule has 5 heteroatoms. The summed E-state index contributed by atoms with van der Waals surface area (Å²) in [5.41, 5.74) is 5.95. The number of rotatable bonds is 2. The highest BCUT2D eigenvalue weighted by Gasteiger charge is 2.25. The molecule has 1 aliphatic rings. The van der Waals surface area contributed by atoms with E-state index >= 15 is 0 Å². The van der Waals surface area contributed by atoms with Gasteiger partial charge in [0, 0.05) is 0 Å². The Bertz CT molecular complexity index is 392. The lowest BCUT2D eigenvalue weighted by atomic mass is 10.2. The number of carbonyl (C=O) groups excluding carboxylic acids is 1. The lowest BCUT2D eigenvalue weighted by Gasteiger charge is -2.09. The zero-order valence-electron chi connectivity index (χ0n) is 8.32. The van der Waals surface area contributed by atoms with Crippen LogP contribution in [0.15, 0.2) is 18.2 Å². The summed E-state index contributed by atoms with van der Waals surface area (Å²) in [4.78, 5) is 10.5. The van der Waals surface area contributed by atoms with Crippen LogP contribution in [0.25, 0.3) is 0 Å². The second-order valence-corrected chi connectivity index (χ2v) is 3.31. The highest BCUT2D eigenvalue weighted by atomic mass is 16.7. The SMILES string of the molecule is Cc1cccc2c1OC(CNC(N)=O)O2. The van der Waals surface area contributed by atoms with Crippen LogP contribution in [-0.4, -0.2) is 18.9 Å². The van der Waals surface area contributed by atoms with E-state index in [1.807, 2.05) is 25.1 Å². The fourth-order valence-corrected chi connectivity index (χ4v) is 1.43. The molecular weight excluding hydrogens is 196 g/mol. The molecule has 1 aliphatic heterocycles. The first-order valence-corrected chi connectivity index (χ1v) is 4.63. The second-order valence-electron chi connectivity index (χ2n) is 3.31. The minimum Gasteiger partial charge on any atom is -0.449 e. The molecule has 1 heterocycles. The van der Waals surface area contributed by atoms with Crippen molar-refractivity contribution in [1.82, 2.24) is 5.32 Å². The van der Waals surface area contributed by atoms with Gasteiger partial charge in [0.15, 0.2) is 11.5 Å². The summed E-state index contributed by atoms with van der Waals surface area (Å²) >= 11 is 0. The maximum atomic E-state index is 10.5. The lowest BCUT2D eigenvalue weighted by Crippen LogP contribution is -2.39. The standard InChI is InChI=1S/C10H12N2O3/c1-6-3-2-4-7-9(6)15-8(14-7)5-12-10(11)13/h2-4,8H,5H2,1H3,(H3,11,12,13). The molecule has 0 bridgehead atoms. The number of amides is 2. The molecular formula is C10H12N2O3. The number of para-hydroxylation sites is 1. The Hall–Kier alpha value is -1.91. The van der Waals surface area contributed by atoms with Gasteiger partial charge in [-0.2, -0.15) is 0 Å². The Labute approximate surface area is 87.2 Å². The van der Waals surface area contributed by atoms with E-state index in [0.29, 0.717) is 5.75 Å². The van der Waals surface area contributed by atoms with E-state index < -0.39 is 12.3 Å². The average Bonchev–Trinajstić information content (AvgIpc) is 2.59. The number of fused-ring (bicyclic) bond motifs is 1. The first-order chi connectivity index (χ1) is 7.16. The van der Waals surface area contributed by atoms with Gasteiger partial charge < -0.3 is 20.5 Å². The van der Waals surface area contributed by atoms with Crippen LogP contribution in [0.1, 0.15) is 5.56 Å². The van der Waals surface area contributed by atoms with Gasteiger partial charge in [0.05, 0.1) is 6.54 Å². The predicted octanol–water partition coefficient (Wildman–Crippen LogP) is 0.761. The minimum atomic E-state index is -0.588. The Kier molecular flexibility index (Phi) is 2.37. The smallest absolute Gasteiger partial charge is 0.312 e.